The van der Waals surface area contributed by atoms with Gasteiger partial charge in [-0.25, -0.2) is 4.98 Å². The number of carbonyl (C=O) groups is 1. The maximum atomic E-state index is 12.7. The third-order valence-corrected chi connectivity index (χ3v) is 6.01. The number of fused-ring (bicyclic) bond motifs is 3. The van der Waals surface area contributed by atoms with Gasteiger partial charge in [0.15, 0.2) is 0 Å². The minimum absolute atomic E-state index is 0.0786. The zero-order valence-corrected chi connectivity index (χ0v) is 14.4. The first kappa shape index (κ1) is 14.6. The van der Waals surface area contributed by atoms with Crippen LogP contribution in [0.1, 0.15) is 26.5 Å². The van der Waals surface area contributed by atoms with Crippen molar-refractivity contribution < 1.29 is 4.79 Å². The van der Waals surface area contributed by atoms with E-state index >= 15 is 0 Å². The molecule has 0 spiro atoms. The molecule has 4 rings (SSSR count). The fraction of sp³-hybridized carbons (Fsp3) is 0.222. The molecule has 0 saturated carbocycles. The van der Waals surface area contributed by atoms with Gasteiger partial charge in [-0.05, 0) is 35.6 Å². The Morgan fingerprint density at radius 2 is 2.09 bits per heavy atom. The van der Waals surface area contributed by atoms with Crippen LogP contribution in [0, 0.1) is 0 Å². The summed E-state index contributed by atoms with van der Waals surface area (Å²) in [7, 11) is 1.84. The van der Waals surface area contributed by atoms with Gasteiger partial charge in [-0.15, -0.1) is 22.7 Å². The van der Waals surface area contributed by atoms with E-state index in [2.05, 4.69) is 35.3 Å². The van der Waals surface area contributed by atoms with Crippen LogP contribution < -0.4 is 0 Å². The maximum Gasteiger partial charge on any atom is 0.264 e. The molecule has 0 aliphatic heterocycles. The van der Waals surface area contributed by atoms with E-state index in [0.29, 0.717) is 6.54 Å². The zero-order valence-electron chi connectivity index (χ0n) is 12.8. The van der Waals surface area contributed by atoms with Gasteiger partial charge < -0.3 is 4.90 Å². The Morgan fingerprint density at radius 3 is 2.91 bits per heavy atom. The Bertz CT molecular complexity index is 852. The van der Waals surface area contributed by atoms with Gasteiger partial charge in [0.25, 0.3) is 5.91 Å². The molecule has 116 valence electrons. The van der Waals surface area contributed by atoms with Crippen LogP contribution in [0.15, 0.2) is 41.2 Å². The van der Waals surface area contributed by atoms with Gasteiger partial charge in [-0.1, -0.05) is 24.3 Å². The first-order chi connectivity index (χ1) is 11.2. The molecule has 1 aliphatic rings. The summed E-state index contributed by atoms with van der Waals surface area (Å²) in [5.41, 5.74) is 6.72. The van der Waals surface area contributed by atoms with Crippen LogP contribution in [0.5, 0.6) is 0 Å². The summed E-state index contributed by atoms with van der Waals surface area (Å²) < 4.78 is 0. The van der Waals surface area contributed by atoms with Crippen molar-refractivity contribution in [3.63, 3.8) is 0 Å². The highest BCUT2D eigenvalue weighted by atomic mass is 32.1. The molecule has 0 fully saturated rings. The monoisotopic (exact) mass is 340 g/mol. The molecular formula is C18H16N2OS2. The van der Waals surface area contributed by atoms with Crippen LogP contribution in [0.25, 0.3) is 10.4 Å². The molecular weight excluding hydrogens is 324 g/mol. The quantitative estimate of drug-likeness (QED) is 0.714. The molecule has 1 aromatic carbocycles. The third kappa shape index (κ3) is 2.71. The first-order valence-corrected chi connectivity index (χ1v) is 9.32. The Kier molecular flexibility index (Phi) is 3.75. The smallest absolute Gasteiger partial charge is 0.264 e. The Hall–Kier alpha value is -1.98. The predicted octanol–water partition coefficient (Wildman–Crippen LogP) is 4.24. The van der Waals surface area contributed by atoms with Crippen molar-refractivity contribution >= 4 is 28.6 Å². The topological polar surface area (TPSA) is 33.2 Å². The summed E-state index contributed by atoms with van der Waals surface area (Å²) in [6.07, 6.45) is 2.08. The summed E-state index contributed by atoms with van der Waals surface area (Å²) in [4.78, 5) is 20.8. The van der Waals surface area contributed by atoms with Crippen LogP contribution in [0.2, 0.25) is 0 Å². The molecule has 0 atom stereocenters. The summed E-state index contributed by atoms with van der Waals surface area (Å²) in [6, 6.07) is 10.6. The minimum Gasteiger partial charge on any atom is -0.335 e. The average molecular weight is 340 g/mol. The molecule has 0 N–H and O–H groups in total. The summed E-state index contributed by atoms with van der Waals surface area (Å²) in [5, 5.41) is 1.99. The molecule has 3 nitrogen and oxygen atoms in total. The molecule has 0 unspecified atom stereocenters. The van der Waals surface area contributed by atoms with E-state index in [1.807, 2.05) is 12.4 Å². The number of aryl methyl sites for hydroxylation is 2. The van der Waals surface area contributed by atoms with Gasteiger partial charge in [0.2, 0.25) is 0 Å². The Balaban J connectivity index is 1.62. The standard InChI is InChI=1S/C18H16N2OS2/c1-20(9-14-10-22-11-19-14)18(21)16-8-13-7-6-12-4-2-3-5-15(12)17(13)23-16/h2-5,8,10-11H,6-7,9H2,1H3. The van der Waals surface area contributed by atoms with Gasteiger partial charge in [0.05, 0.1) is 22.6 Å². The van der Waals surface area contributed by atoms with Crippen LogP contribution in [-0.2, 0) is 19.4 Å². The van der Waals surface area contributed by atoms with Gasteiger partial charge in [-0.2, -0.15) is 0 Å². The van der Waals surface area contributed by atoms with E-state index in [1.165, 1.54) is 21.6 Å². The number of hydrogen-bond donors (Lipinski definition) is 0. The molecule has 1 aliphatic carbocycles. The second kappa shape index (κ2) is 5.91. The van der Waals surface area contributed by atoms with E-state index in [0.717, 1.165) is 23.4 Å². The van der Waals surface area contributed by atoms with Crippen molar-refractivity contribution in [2.75, 3.05) is 7.05 Å². The van der Waals surface area contributed by atoms with Crippen molar-refractivity contribution in [2.24, 2.45) is 0 Å². The highest BCUT2D eigenvalue weighted by Gasteiger charge is 2.23. The van der Waals surface area contributed by atoms with Crippen molar-refractivity contribution in [2.45, 2.75) is 19.4 Å². The predicted molar refractivity (Wildman–Crippen MR) is 95.1 cm³/mol. The van der Waals surface area contributed by atoms with Gasteiger partial charge in [0.1, 0.15) is 0 Å². The normalized spacial score (nSPS) is 12.6. The lowest BCUT2D eigenvalue weighted by Gasteiger charge is -2.15. The molecule has 0 saturated heterocycles. The van der Waals surface area contributed by atoms with E-state index in [1.54, 1.807) is 33.1 Å². The Morgan fingerprint density at radius 1 is 1.26 bits per heavy atom. The van der Waals surface area contributed by atoms with E-state index < -0.39 is 0 Å². The molecule has 2 heterocycles. The van der Waals surface area contributed by atoms with Crippen molar-refractivity contribution in [3.05, 3.63) is 62.9 Å². The summed E-state index contributed by atoms with van der Waals surface area (Å²) in [5.74, 6) is 0.0786. The number of nitrogens with zero attached hydrogens (tertiary/aromatic N) is 2. The van der Waals surface area contributed by atoms with Gasteiger partial charge >= 0.3 is 0 Å². The lowest BCUT2D eigenvalue weighted by molar-refractivity contribution is 0.0788. The van der Waals surface area contributed by atoms with E-state index in [9.17, 15) is 4.79 Å². The number of hydrogen-bond acceptors (Lipinski definition) is 4. The van der Waals surface area contributed by atoms with Crippen LogP contribution in [-0.4, -0.2) is 22.8 Å². The molecule has 1 amide bonds. The van der Waals surface area contributed by atoms with Crippen LogP contribution in [0.4, 0.5) is 0 Å². The third-order valence-electron chi connectivity index (χ3n) is 4.17. The number of carbonyl (C=O) groups excluding carboxylic acids is 1. The highest BCUT2D eigenvalue weighted by molar-refractivity contribution is 7.17. The molecule has 5 heteroatoms. The highest BCUT2D eigenvalue weighted by Crippen LogP contribution is 2.39. The number of benzene rings is 1. The fourth-order valence-electron chi connectivity index (χ4n) is 3.00. The minimum atomic E-state index is 0.0786. The second-order valence-corrected chi connectivity index (χ2v) is 7.53. The SMILES string of the molecule is CN(Cc1cscn1)C(=O)c1cc2c(s1)-c1ccccc1CC2. The number of thiophene rings is 1. The number of amides is 1. The largest absolute Gasteiger partial charge is 0.335 e. The van der Waals surface area contributed by atoms with Gasteiger partial charge in [-0.3, -0.25) is 4.79 Å². The molecule has 3 aromatic rings. The first-order valence-electron chi connectivity index (χ1n) is 7.56. The van der Waals surface area contributed by atoms with Crippen molar-refractivity contribution in [3.8, 4) is 10.4 Å². The van der Waals surface area contributed by atoms with E-state index in [-0.39, 0.29) is 5.91 Å². The van der Waals surface area contributed by atoms with Crippen molar-refractivity contribution in [1.82, 2.24) is 9.88 Å². The zero-order chi connectivity index (χ0) is 15.8. The molecule has 23 heavy (non-hydrogen) atoms. The van der Waals surface area contributed by atoms with Crippen LogP contribution in [0.3, 0.4) is 0 Å². The number of thiazole rings is 1. The lowest BCUT2D eigenvalue weighted by Crippen LogP contribution is -2.25. The number of aromatic nitrogens is 1. The molecule has 0 radical (unpaired) electrons. The molecule has 2 aromatic heterocycles. The average Bonchev–Trinajstić information content (AvgIpc) is 3.23. The fourth-order valence-corrected chi connectivity index (χ4v) is 4.81. The lowest BCUT2D eigenvalue weighted by atomic mass is 9.91. The van der Waals surface area contributed by atoms with E-state index in [4.69, 9.17) is 0 Å². The maximum absolute atomic E-state index is 12.7. The van der Waals surface area contributed by atoms with Crippen molar-refractivity contribution in [1.29, 1.82) is 0 Å². The van der Waals surface area contributed by atoms with Crippen LogP contribution >= 0.6 is 22.7 Å². The number of rotatable bonds is 3. The van der Waals surface area contributed by atoms with Gasteiger partial charge in [0, 0.05) is 17.3 Å². The summed E-state index contributed by atoms with van der Waals surface area (Å²) in [6.45, 7) is 0.557. The Labute approximate surface area is 143 Å². The second-order valence-electron chi connectivity index (χ2n) is 5.76. The summed E-state index contributed by atoms with van der Waals surface area (Å²) >= 11 is 3.18. The molecule has 0 bridgehead atoms.